The fourth-order valence-corrected chi connectivity index (χ4v) is 3.46. The van der Waals surface area contributed by atoms with Crippen LogP contribution in [0.25, 0.3) is 10.9 Å². The van der Waals surface area contributed by atoms with Gasteiger partial charge in [0.05, 0.1) is 18.4 Å². The highest BCUT2D eigenvalue weighted by molar-refractivity contribution is 5.92. The molecule has 5 heteroatoms. The zero-order valence-electron chi connectivity index (χ0n) is 16.8. The van der Waals surface area contributed by atoms with E-state index in [0.29, 0.717) is 12.1 Å². The predicted octanol–water partition coefficient (Wildman–Crippen LogP) is 5.67. The van der Waals surface area contributed by atoms with Crippen molar-refractivity contribution in [2.24, 2.45) is 4.99 Å². The van der Waals surface area contributed by atoms with E-state index >= 15 is 0 Å². The Morgan fingerprint density at radius 1 is 1.10 bits per heavy atom. The van der Waals surface area contributed by atoms with Gasteiger partial charge in [0.1, 0.15) is 5.82 Å². The summed E-state index contributed by atoms with van der Waals surface area (Å²) < 4.78 is 20.3. The smallest absolute Gasteiger partial charge is 0.337 e. The SMILES string of the molecule is COC(=O)c1ccc(N=Cc2ccc3c(ccn3Cc3cccc(F)c3)c2)c(C)c1. The van der Waals surface area contributed by atoms with Crippen LogP contribution in [0, 0.1) is 12.7 Å². The molecule has 3 aromatic carbocycles. The van der Waals surface area contributed by atoms with Crippen molar-refractivity contribution in [3.63, 3.8) is 0 Å². The molecule has 1 heterocycles. The molecule has 0 aliphatic carbocycles. The highest BCUT2D eigenvalue weighted by atomic mass is 19.1. The van der Waals surface area contributed by atoms with Gasteiger partial charge < -0.3 is 9.30 Å². The van der Waals surface area contributed by atoms with Crippen LogP contribution in [0.4, 0.5) is 10.1 Å². The Kier molecular flexibility index (Phi) is 5.44. The summed E-state index contributed by atoms with van der Waals surface area (Å²) in [6.45, 7) is 2.52. The van der Waals surface area contributed by atoms with Crippen molar-refractivity contribution < 1.29 is 13.9 Å². The average Bonchev–Trinajstić information content (AvgIpc) is 3.14. The third-order valence-corrected chi connectivity index (χ3v) is 5.01. The molecule has 0 saturated heterocycles. The highest BCUT2D eigenvalue weighted by Gasteiger charge is 2.07. The van der Waals surface area contributed by atoms with Crippen molar-refractivity contribution in [2.45, 2.75) is 13.5 Å². The first-order valence-electron chi connectivity index (χ1n) is 9.60. The van der Waals surface area contributed by atoms with Gasteiger partial charge in [0.25, 0.3) is 0 Å². The topological polar surface area (TPSA) is 43.6 Å². The van der Waals surface area contributed by atoms with Crippen LogP contribution < -0.4 is 0 Å². The molecular weight excluding hydrogens is 379 g/mol. The summed E-state index contributed by atoms with van der Waals surface area (Å²) in [4.78, 5) is 16.2. The Morgan fingerprint density at radius 3 is 2.73 bits per heavy atom. The third-order valence-electron chi connectivity index (χ3n) is 5.01. The van der Waals surface area contributed by atoms with Crippen LogP contribution in [0.3, 0.4) is 0 Å². The number of aliphatic imine (C=N–C) groups is 1. The number of carbonyl (C=O) groups is 1. The third kappa shape index (κ3) is 4.15. The molecule has 0 bridgehead atoms. The number of methoxy groups -OCH3 is 1. The van der Waals surface area contributed by atoms with E-state index in [0.717, 1.165) is 33.3 Å². The zero-order valence-corrected chi connectivity index (χ0v) is 16.8. The first-order chi connectivity index (χ1) is 14.5. The Labute approximate surface area is 174 Å². The quantitative estimate of drug-likeness (QED) is 0.320. The summed E-state index contributed by atoms with van der Waals surface area (Å²) in [6.07, 6.45) is 3.82. The lowest BCUT2D eigenvalue weighted by molar-refractivity contribution is 0.0600. The number of fused-ring (bicyclic) bond motifs is 1. The number of benzene rings is 3. The number of hydrogen-bond acceptors (Lipinski definition) is 3. The molecule has 1 aromatic heterocycles. The molecule has 0 radical (unpaired) electrons. The van der Waals surface area contributed by atoms with Crippen molar-refractivity contribution >= 4 is 28.8 Å². The van der Waals surface area contributed by atoms with E-state index in [9.17, 15) is 9.18 Å². The van der Waals surface area contributed by atoms with Gasteiger partial charge in [0.2, 0.25) is 0 Å². The Balaban J connectivity index is 1.55. The maximum atomic E-state index is 13.4. The van der Waals surface area contributed by atoms with Gasteiger partial charge in [-0.05, 0) is 72.1 Å². The summed E-state index contributed by atoms with van der Waals surface area (Å²) >= 11 is 0. The Hall–Kier alpha value is -3.73. The molecular formula is C25H21FN2O2. The van der Waals surface area contributed by atoms with Crippen LogP contribution in [0.15, 0.2) is 77.9 Å². The number of aromatic nitrogens is 1. The van der Waals surface area contributed by atoms with Gasteiger partial charge >= 0.3 is 5.97 Å². The molecule has 150 valence electrons. The van der Waals surface area contributed by atoms with Crippen molar-refractivity contribution in [3.8, 4) is 0 Å². The van der Waals surface area contributed by atoms with E-state index in [-0.39, 0.29) is 11.8 Å². The van der Waals surface area contributed by atoms with E-state index in [1.165, 1.54) is 13.2 Å². The lowest BCUT2D eigenvalue weighted by Crippen LogP contribution is -2.00. The minimum atomic E-state index is -0.359. The van der Waals surface area contributed by atoms with Crippen LogP contribution in [0.2, 0.25) is 0 Å². The van der Waals surface area contributed by atoms with Gasteiger partial charge in [-0.2, -0.15) is 0 Å². The van der Waals surface area contributed by atoms with Gasteiger partial charge in [-0.1, -0.05) is 18.2 Å². The zero-order chi connectivity index (χ0) is 21.1. The van der Waals surface area contributed by atoms with Crippen LogP contribution >= 0.6 is 0 Å². The number of carbonyl (C=O) groups excluding carboxylic acids is 1. The predicted molar refractivity (Wildman–Crippen MR) is 117 cm³/mol. The summed E-state index contributed by atoms with van der Waals surface area (Å²) in [5.41, 5.74) is 5.18. The van der Waals surface area contributed by atoms with Gasteiger partial charge in [0.15, 0.2) is 0 Å². The van der Waals surface area contributed by atoms with Crippen molar-refractivity contribution in [1.29, 1.82) is 0 Å². The van der Waals surface area contributed by atoms with Crippen molar-refractivity contribution in [3.05, 3.63) is 101 Å². The monoisotopic (exact) mass is 400 g/mol. The number of rotatable bonds is 5. The Bertz CT molecular complexity index is 1260. The standard InChI is InChI=1S/C25H21FN2O2/c1-17-12-21(25(29)30-2)7-8-23(17)27-15-18-6-9-24-20(13-18)10-11-28(24)16-19-4-3-5-22(26)14-19/h3-15H,16H2,1-2H3. The molecule has 0 atom stereocenters. The first kappa shape index (κ1) is 19.6. The van der Waals surface area contributed by atoms with E-state index < -0.39 is 0 Å². The fraction of sp³-hybridized carbons (Fsp3) is 0.120. The lowest BCUT2D eigenvalue weighted by Gasteiger charge is -2.06. The van der Waals surface area contributed by atoms with Gasteiger partial charge in [-0.3, -0.25) is 4.99 Å². The molecule has 4 aromatic rings. The number of halogens is 1. The van der Waals surface area contributed by atoms with Crippen molar-refractivity contribution in [2.75, 3.05) is 7.11 Å². The van der Waals surface area contributed by atoms with Crippen LogP contribution in [0.1, 0.15) is 27.0 Å². The summed E-state index contributed by atoms with van der Waals surface area (Å²) in [5, 5.41) is 1.09. The number of ether oxygens (including phenoxy) is 1. The molecule has 0 amide bonds. The molecule has 0 fully saturated rings. The first-order valence-corrected chi connectivity index (χ1v) is 9.60. The minimum Gasteiger partial charge on any atom is -0.465 e. The fourth-order valence-electron chi connectivity index (χ4n) is 3.46. The number of hydrogen-bond donors (Lipinski definition) is 0. The molecule has 0 saturated carbocycles. The highest BCUT2D eigenvalue weighted by Crippen LogP contribution is 2.22. The number of aryl methyl sites for hydroxylation is 1. The van der Waals surface area contributed by atoms with Gasteiger partial charge in [-0.15, -0.1) is 0 Å². The van der Waals surface area contributed by atoms with Crippen LogP contribution in [-0.4, -0.2) is 23.9 Å². The molecule has 0 aliphatic rings. The largest absolute Gasteiger partial charge is 0.465 e. The second-order valence-corrected chi connectivity index (χ2v) is 7.14. The lowest BCUT2D eigenvalue weighted by atomic mass is 10.1. The summed E-state index contributed by atoms with van der Waals surface area (Å²) in [6, 6.07) is 20.1. The van der Waals surface area contributed by atoms with E-state index in [1.54, 1.807) is 24.3 Å². The maximum absolute atomic E-state index is 13.4. The van der Waals surface area contributed by atoms with Gasteiger partial charge in [-0.25, -0.2) is 9.18 Å². The molecule has 0 N–H and O–H groups in total. The maximum Gasteiger partial charge on any atom is 0.337 e. The normalized spacial score (nSPS) is 11.3. The summed E-state index contributed by atoms with van der Waals surface area (Å²) in [7, 11) is 1.37. The average molecular weight is 400 g/mol. The molecule has 4 rings (SSSR count). The van der Waals surface area contributed by atoms with Crippen molar-refractivity contribution in [1.82, 2.24) is 4.57 Å². The van der Waals surface area contributed by atoms with E-state index in [4.69, 9.17) is 4.74 Å². The minimum absolute atomic E-state index is 0.225. The second kappa shape index (κ2) is 8.33. The summed E-state index contributed by atoms with van der Waals surface area (Å²) in [5.74, 6) is -0.584. The van der Waals surface area contributed by atoms with Crippen LogP contribution in [-0.2, 0) is 11.3 Å². The van der Waals surface area contributed by atoms with Crippen LogP contribution in [0.5, 0.6) is 0 Å². The Morgan fingerprint density at radius 2 is 1.97 bits per heavy atom. The number of esters is 1. The second-order valence-electron chi connectivity index (χ2n) is 7.14. The molecule has 30 heavy (non-hydrogen) atoms. The van der Waals surface area contributed by atoms with E-state index in [2.05, 4.69) is 15.6 Å². The molecule has 0 spiro atoms. The van der Waals surface area contributed by atoms with Gasteiger partial charge in [0, 0.05) is 29.9 Å². The molecule has 0 unspecified atom stereocenters. The number of nitrogens with zero attached hydrogens (tertiary/aromatic N) is 2. The molecule has 4 nitrogen and oxygen atoms in total. The van der Waals surface area contributed by atoms with E-state index in [1.807, 2.05) is 49.7 Å². The molecule has 0 aliphatic heterocycles.